The summed E-state index contributed by atoms with van der Waals surface area (Å²) in [5, 5.41) is 3.54. The van der Waals surface area contributed by atoms with E-state index in [4.69, 9.17) is 0 Å². The van der Waals surface area contributed by atoms with E-state index >= 15 is 0 Å². The van der Waals surface area contributed by atoms with E-state index in [2.05, 4.69) is 59.8 Å². The van der Waals surface area contributed by atoms with Crippen LogP contribution in [-0.4, -0.2) is 12.0 Å². The van der Waals surface area contributed by atoms with Crippen LogP contribution in [0.25, 0.3) is 0 Å². The number of pyridine rings is 1. The van der Waals surface area contributed by atoms with E-state index in [0.717, 1.165) is 5.69 Å². The van der Waals surface area contributed by atoms with Gasteiger partial charge in [0.05, 0.1) is 0 Å². The Morgan fingerprint density at radius 3 is 2.35 bits per heavy atom. The third-order valence-corrected chi connectivity index (χ3v) is 4.70. The van der Waals surface area contributed by atoms with E-state index in [1.54, 1.807) is 0 Å². The number of nitrogens with zero attached hydrogens (tertiary/aromatic N) is 1. The van der Waals surface area contributed by atoms with Gasteiger partial charge in [0.2, 0.25) is 0 Å². The lowest BCUT2D eigenvalue weighted by molar-refractivity contribution is 0.175. The SMILES string of the molecule is CNC(c1ccc(C)nc1)C1(c2ccccc2)CCC1. The molecule has 0 saturated heterocycles. The fraction of sp³-hybridized carbons (Fsp3) is 0.389. The van der Waals surface area contributed by atoms with Crippen LogP contribution in [0.15, 0.2) is 48.7 Å². The first-order valence-electron chi connectivity index (χ1n) is 7.41. The van der Waals surface area contributed by atoms with Crippen LogP contribution in [-0.2, 0) is 5.41 Å². The molecule has 1 aliphatic carbocycles. The van der Waals surface area contributed by atoms with Crippen LogP contribution in [0.1, 0.15) is 42.1 Å². The van der Waals surface area contributed by atoms with Crippen LogP contribution in [0.2, 0.25) is 0 Å². The molecule has 104 valence electrons. The minimum atomic E-state index is 0.229. The quantitative estimate of drug-likeness (QED) is 0.911. The molecule has 2 heteroatoms. The van der Waals surface area contributed by atoms with Crippen molar-refractivity contribution >= 4 is 0 Å². The van der Waals surface area contributed by atoms with Crippen molar-refractivity contribution in [2.75, 3.05) is 7.05 Å². The summed E-state index contributed by atoms with van der Waals surface area (Å²) in [7, 11) is 2.06. The zero-order valence-corrected chi connectivity index (χ0v) is 12.3. The summed E-state index contributed by atoms with van der Waals surface area (Å²) < 4.78 is 0. The van der Waals surface area contributed by atoms with Gasteiger partial charge in [-0.05, 0) is 44.0 Å². The Hall–Kier alpha value is -1.67. The molecule has 1 saturated carbocycles. The number of hydrogen-bond donors (Lipinski definition) is 1. The second kappa shape index (κ2) is 5.37. The average molecular weight is 266 g/mol. The van der Waals surface area contributed by atoms with E-state index in [9.17, 15) is 0 Å². The van der Waals surface area contributed by atoms with Gasteiger partial charge in [-0.1, -0.05) is 42.8 Å². The van der Waals surface area contributed by atoms with Gasteiger partial charge in [0.25, 0.3) is 0 Å². The summed E-state index contributed by atoms with van der Waals surface area (Å²) in [6.45, 7) is 2.04. The second-order valence-corrected chi connectivity index (χ2v) is 5.83. The van der Waals surface area contributed by atoms with E-state index in [1.165, 1.54) is 30.4 Å². The number of aryl methyl sites for hydroxylation is 1. The first kappa shape index (κ1) is 13.3. The maximum atomic E-state index is 4.47. The average Bonchev–Trinajstić information content (AvgIpc) is 2.45. The molecular formula is C18H22N2. The number of rotatable bonds is 4. The van der Waals surface area contributed by atoms with Crippen LogP contribution >= 0.6 is 0 Å². The normalized spacial score (nSPS) is 18.3. The highest BCUT2D eigenvalue weighted by atomic mass is 14.9. The molecular weight excluding hydrogens is 244 g/mol. The molecule has 0 radical (unpaired) electrons. The summed E-state index contributed by atoms with van der Waals surface area (Å²) in [6.07, 6.45) is 5.83. The monoisotopic (exact) mass is 266 g/mol. The molecule has 20 heavy (non-hydrogen) atoms. The summed E-state index contributed by atoms with van der Waals surface area (Å²) in [5.41, 5.74) is 4.05. The second-order valence-electron chi connectivity index (χ2n) is 5.83. The van der Waals surface area contributed by atoms with E-state index in [0.29, 0.717) is 6.04 Å². The molecule has 1 aromatic heterocycles. The topological polar surface area (TPSA) is 24.9 Å². The highest BCUT2D eigenvalue weighted by Gasteiger charge is 2.45. The molecule has 1 aromatic carbocycles. The smallest absolute Gasteiger partial charge is 0.0431 e. The van der Waals surface area contributed by atoms with Crippen LogP contribution in [0.4, 0.5) is 0 Å². The molecule has 1 fully saturated rings. The summed E-state index contributed by atoms with van der Waals surface area (Å²) in [5.74, 6) is 0. The Labute approximate surface area is 121 Å². The lowest BCUT2D eigenvalue weighted by atomic mass is 9.59. The van der Waals surface area contributed by atoms with E-state index in [-0.39, 0.29) is 5.41 Å². The van der Waals surface area contributed by atoms with Crippen molar-refractivity contribution in [1.29, 1.82) is 0 Å². The summed E-state index contributed by atoms with van der Waals surface area (Å²) >= 11 is 0. The molecule has 1 aliphatic rings. The predicted octanol–water partition coefficient (Wildman–Crippen LogP) is 3.77. The summed E-state index contributed by atoms with van der Waals surface area (Å²) in [6, 6.07) is 15.6. The number of hydrogen-bond acceptors (Lipinski definition) is 2. The van der Waals surface area contributed by atoms with Crippen molar-refractivity contribution in [3.05, 3.63) is 65.5 Å². The maximum Gasteiger partial charge on any atom is 0.0431 e. The van der Waals surface area contributed by atoms with Gasteiger partial charge in [-0.2, -0.15) is 0 Å². The zero-order valence-electron chi connectivity index (χ0n) is 12.3. The van der Waals surface area contributed by atoms with Gasteiger partial charge in [-0.15, -0.1) is 0 Å². The van der Waals surface area contributed by atoms with Crippen molar-refractivity contribution in [2.24, 2.45) is 0 Å². The van der Waals surface area contributed by atoms with Gasteiger partial charge in [-0.25, -0.2) is 0 Å². The molecule has 0 spiro atoms. The Bertz CT molecular complexity index is 556. The Morgan fingerprint density at radius 2 is 1.85 bits per heavy atom. The molecule has 0 amide bonds. The molecule has 3 rings (SSSR count). The summed E-state index contributed by atoms with van der Waals surface area (Å²) in [4.78, 5) is 4.47. The number of benzene rings is 1. The van der Waals surface area contributed by atoms with Crippen LogP contribution in [0, 0.1) is 6.92 Å². The standard InChI is InChI=1S/C18H22N2/c1-14-9-10-15(13-20-14)17(19-2)18(11-6-12-18)16-7-4-3-5-8-16/h3-5,7-10,13,17,19H,6,11-12H2,1-2H3. The molecule has 2 aromatic rings. The molecule has 1 atom stereocenters. The zero-order chi connectivity index (χ0) is 14.0. The van der Waals surface area contributed by atoms with E-state index in [1.807, 2.05) is 13.1 Å². The third kappa shape index (κ3) is 2.14. The third-order valence-electron chi connectivity index (χ3n) is 4.70. The van der Waals surface area contributed by atoms with E-state index < -0.39 is 0 Å². The highest BCUT2D eigenvalue weighted by molar-refractivity contribution is 5.35. The molecule has 0 bridgehead atoms. The Morgan fingerprint density at radius 1 is 1.10 bits per heavy atom. The Balaban J connectivity index is 2.00. The first-order valence-corrected chi connectivity index (χ1v) is 7.41. The first-order chi connectivity index (χ1) is 9.76. The van der Waals surface area contributed by atoms with Crippen molar-refractivity contribution < 1.29 is 0 Å². The van der Waals surface area contributed by atoms with Crippen LogP contribution in [0.3, 0.4) is 0 Å². The fourth-order valence-corrected chi connectivity index (χ4v) is 3.48. The van der Waals surface area contributed by atoms with Gasteiger partial charge in [0.1, 0.15) is 0 Å². The minimum Gasteiger partial charge on any atom is -0.312 e. The number of aromatic nitrogens is 1. The highest BCUT2D eigenvalue weighted by Crippen LogP contribution is 2.51. The van der Waals surface area contributed by atoms with Crippen LogP contribution < -0.4 is 5.32 Å². The van der Waals surface area contributed by atoms with Gasteiger partial charge in [0, 0.05) is 23.3 Å². The lowest BCUT2D eigenvalue weighted by Crippen LogP contribution is -2.45. The number of likely N-dealkylation sites (N-methyl/N-ethyl adjacent to an activating group) is 1. The largest absolute Gasteiger partial charge is 0.312 e. The van der Waals surface area contributed by atoms with Crippen molar-refractivity contribution in [1.82, 2.24) is 10.3 Å². The molecule has 1 N–H and O–H groups in total. The maximum absolute atomic E-state index is 4.47. The molecule has 1 heterocycles. The van der Waals surface area contributed by atoms with Gasteiger partial charge in [0.15, 0.2) is 0 Å². The van der Waals surface area contributed by atoms with Crippen LogP contribution in [0.5, 0.6) is 0 Å². The van der Waals surface area contributed by atoms with Crippen molar-refractivity contribution in [3.63, 3.8) is 0 Å². The van der Waals surface area contributed by atoms with Gasteiger partial charge in [-0.3, -0.25) is 4.98 Å². The molecule has 1 unspecified atom stereocenters. The number of nitrogens with one attached hydrogen (secondary N) is 1. The lowest BCUT2D eigenvalue weighted by Gasteiger charge is -2.48. The minimum absolute atomic E-state index is 0.229. The van der Waals surface area contributed by atoms with Gasteiger partial charge >= 0.3 is 0 Å². The molecule has 0 aliphatic heterocycles. The van der Waals surface area contributed by atoms with Crippen molar-refractivity contribution in [2.45, 2.75) is 37.6 Å². The Kier molecular flexibility index (Phi) is 3.58. The van der Waals surface area contributed by atoms with Crippen molar-refractivity contribution in [3.8, 4) is 0 Å². The molecule has 2 nitrogen and oxygen atoms in total. The predicted molar refractivity (Wildman–Crippen MR) is 82.7 cm³/mol. The van der Waals surface area contributed by atoms with Gasteiger partial charge < -0.3 is 5.32 Å². The fourth-order valence-electron chi connectivity index (χ4n) is 3.48.